The number of anilines is 1. The number of hydrogen-bond donors (Lipinski definition) is 1. The summed E-state index contributed by atoms with van der Waals surface area (Å²) in [6.45, 7) is 0. The number of nitro benzene ring substituents is 1. The van der Waals surface area contributed by atoms with Crippen LogP contribution < -0.4 is 14.8 Å². The molecule has 0 heterocycles. The topological polar surface area (TPSA) is 90.7 Å². The van der Waals surface area contributed by atoms with Gasteiger partial charge in [0.1, 0.15) is 17.2 Å². The lowest BCUT2D eigenvalue weighted by molar-refractivity contribution is -0.384. The van der Waals surface area contributed by atoms with Crippen LogP contribution in [0.3, 0.4) is 0 Å². The Labute approximate surface area is 155 Å². The standard InChI is InChI=1S/C18H20N2O5S/c1-24-13-5-8-15(9-6-13)26-11-3-4-18(21)19-16-10-7-14(25-2)12-17(16)20(22)23/h5-10,12H,3-4,11H2,1-2H3,(H,19,21). The molecule has 0 saturated heterocycles. The van der Waals surface area contributed by atoms with Crippen LogP contribution in [0.15, 0.2) is 47.4 Å². The molecule has 26 heavy (non-hydrogen) atoms. The summed E-state index contributed by atoms with van der Waals surface area (Å²) in [5, 5.41) is 13.7. The number of thioether (sulfide) groups is 1. The number of nitrogens with one attached hydrogen (secondary N) is 1. The molecular formula is C18H20N2O5S. The van der Waals surface area contributed by atoms with Crippen molar-refractivity contribution in [3.63, 3.8) is 0 Å². The van der Waals surface area contributed by atoms with Crippen LogP contribution >= 0.6 is 11.8 Å². The molecule has 138 valence electrons. The van der Waals surface area contributed by atoms with Crippen molar-refractivity contribution < 1.29 is 19.2 Å². The SMILES string of the molecule is COc1ccc(SCCCC(=O)Nc2ccc(OC)cc2[N+](=O)[O-])cc1. The van der Waals surface area contributed by atoms with E-state index < -0.39 is 4.92 Å². The van der Waals surface area contributed by atoms with Gasteiger partial charge in [0.15, 0.2) is 0 Å². The van der Waals surface area contributed by atoms with Crippen molar-refractivity contribution in [3.8, 4) is 11.5 Å². The van der Waals surface area contributed by atoms with Crippen molar-refractivity contribution in [2.45, 2.75) is 17.7 Å². The van der Waals surface area contributed by atoms with Gasteiger partial charge in [-0.25, -0.2) is 0 Å². The van der Waals surface area contributed by atoms with Crippen LogP contribution in [-0.4, -0.2) is 30.8 Å². The Morgan fingerprint density at radius 2 is 1.77 bits per heavy atom. The van der Waals surface area contributed by atoms with E-state index in [0.29, 0.717) is 12.2 Å². The zero-order chi connectivity index (χ0) is 18.9. The third-order valence-corrected chi connectivity index (χ3v) is 4.65. The molecule has 0 unspecified atom stereocenters. The number of hydrogen-bond acceptors (Lipinski definition) is 6. The third kappa shape index (κ3) is 5.66. The van der Waals surface area contributed by atoms with Crippen molar-refractivity contribution in [3.05, 3.63) is 52.6 Å². The highest BCUT2D eigenvalue weighted by Gasteiger charge is 2.17. The predicted molar refractivity (Wildman–Crippen MR) is 101 cm³/mol. The molecule has 0 aliphatic carbocycles. The number of rotatable bonds is 9. The fraction of sp³-hybridized carbons (Fsp3) is 0.278. The Kier molecular flexibility index (Phi) is 7.28. The lowest BCUT2D eigenvalue weighted by Gasteiger charge is -2.08. The van der Waals surface area contributed by atoms with Crippen molar-refractivity contribution in [1.29, 1.82) is 0 Å². The zero-order valence-corrected chi connectivity index (χ0v) is 15.4. The number of nitro groups is 1. The van der Waals surface area contributed by atoms with Gasteiger partial charge < -0.3 is 14.8 Å². The number of benzene rings is 2. The van der Waals surface area contributed by atoms with E-state index in [0.717, 1.165) is 16.4 Å². The molecule has 1 N–H and O–H groups in total. The molecule has 1 amide bonds. The minimum Gasteiger partial charge on any atom is -0.497 e. The van der Waals surface area contributed by atoms with E-state index in [1.165, 1.54) is 19.2 Å². The summed E-state index contributed by atoms with van der Waals surface area (Å²) in [4.78, 5) is 23.7. The van der Waals surface area contributed by atoms with Crippen molar-refractivity contribution in [1.82, 2.24) is 0 Å². The second-order valence-corrected chi connectivity index (χ2v) is 6.48. The number of carbonyl (C=O) groups is 1. The van der Waals surface area contributed by atoms with Crippen molar-refractivity contribution >= 4 is 29.0 Å². The Morgan fingerprint density at radius 3 is 2.38 bits per heavy atom. The van der Waals surface area contributed by atoms with E-state index in [-0.39, 0.29) is 23.7 Å². The predicted octanol–water partition coefficient (Wildman–Crippen LogP) is 4.12. The molecule has 0 bridgehead atoms. The second kappa shape index (κ2) is 9.67. The number of methoxy groups -OCH3 is 2. The third-order valence-electron chi connectivity index (χ3n) is 3.55. The molecule has 8 heteroatoms. The van der Waals surface area contributed by atoms with Gasteiger partial charge >= 0.3 is 0 Å². The molecule has 0 atom stereocenters. The van der Waals surface area contributed by atoms with Gasteiger partial charge in [0.05, 0.1) is 25.2 Å². The Balaban J connectivity index is 1.82. The molecular weight excluding hydrogens is 356 g/mol. The van der Waals surface area contributed by atoms with E-state index in [1.807, 2.05) is 24.3 Å². The first-order valence-electron chi connectivity index (χ1n) is 7.92. The van der Waals surface area contributed by atoms with E-state index in [2.05, 4.69) is 5.32 Å². The summed E-state index contributed by atoms with van der Waals surface area (Å²) in [7, 11) is 3.05. The van der Waals surface area contributed by atoms with E-state index >= 15 is 0 Å². The average molecular weight is 376 g/mol. The van der Waals surface area contributed by atoms with Gasteiger partial charge in [0.25, 0.3) is 5.69 Å². The normalized spacial score (nSPS) is 10.2. The first-order chi connectivity index (χ1) is 12.5. The Morgan fingerprint density at radius 1 is 1.12 bits per heavy atom. The summed E-state index contributed by atoms with van der Waals surface area (Å²) in [5.74, 6) is 1.68. The van der Waals surface area contributed by atoms with Crippen LogP contribution in [0.2, 0.25) is 0 Å². The van der Waals surface area contributed by atoms with Gasteiger partial charge in [-0.15, -0.1) is 11.8 Å². The summed E-state index contributed by atoms with van der Waals surface area (Å²) in [6.07, 6.45) is 0.943. The minimum absolute atomic E-state index is 0.170. The van der Waals surface area contributed by atoms with Gasteiger partial charge in [-0.1, -0.05) is 0 Å². The highest BCUT2D eigenvalue weighted by molar-refractivity contribution is 7.99. The fourth-order valence-corrected chi connectivity index (χ4v) is 3.06. The minimum atomic E-state index is -0.544. The number of ether oxygens (including phenoxy) is 2. The summed E-state index contributed by atoms with van der Waals surface area (Å²) in [5.41, 5.74) is -0.0195. The monoisotopic (exact) mass is 376 g/mol. The van der Waals surface area contributed by atoms with Crippen LogP contribution in [0.4, 0.5) is 11.4 Å². The van der Waals surface area contributed by atoms with E-state index in [1.54, 1.807) is 24.9 Å². The molecule has 0 aliphatic rings. The maximum Gasteiger partial charge on any atom is 0.296 e. The van der Waals surface area contributed by atoms with Gasteiger partial charge in [0, 0.05) is 11.3 Å². The van der Waals surface area contributed by atoms with E-state index in [4.69, 9.17) is 9.47 Å². The van der Waals surface area contributed by atoms with Gasteiger partial charge in [-0.3, -0.25) is 14.9 Å². The largest absolute Gasteiger partial charge is 0.497 e. The number of amides is 1. The number of nitrogens with zero attached hydrogens (tertiary/aromatic N) is 1. The van der Waals surface area contributed by atoms with Crippen molar-refractivity contribution in [2.75, 3.05) is 25.3 Å². The van der Waals surface area contributed by atoms with Gasteiger partial charge in [-0.05, 0) is 48.6 Å². The molecule has 0 radical (unpaired) electrons. The summed E-state index contributed by atoms with van der Waals surface area (Å²) in [6, 6.07) is 12.0. The van der Waals surface area contributed by atoms with E-state index in [9.17, 15) is 14.9 Å². The highest BCUT2D eigenvalue weighted by Crippen LogP contribution is 2.29. The molecule has 7 nitrogen and oxygen atoms in total. The van der Waals surface area contributed by atoms with Crippen LogP contribution in [0.1, 0.15) is 12.8 Å². The average Bonchev–Trinajstić information content (AvgIpc) is 2.65. The molecule has 2 rings (SSSR count). The van der Waals surface area contributed by atoms with Crippen LogP contribution in [0.5, 0.6) is 11.5 Å². The maximum atomic E-state index is 12.0. The smallest absolute Gasteiger partial charge is 0.296 e. The zero-order valence-electron chi connectivity index (χ0n) is 14.6. The molecule has 0 aliphatic heterocycles. The van der Waals surface area contributed by atoms with Gasteiger partial charge in [0.2, 0.25) is 5.91 Å². The Hall–Kier alpha value is -2.74. The molecule has 0 spiro atoms. The Bertz CT molecular complexity index is 765. The highest BCUT2D eigenvalue weighted by atomic mass is 32.2. The van der Waals surface area contributed by atoms with Crippen LogP contribution in [-0.2, 0) is 4.79 Å². The quantitative estimate of drug-likeness (QED) is 0.306. The molecule has 0 saturated carbocycles. The maximum absolute atomic E-state index is 12.0. The number of carbonyl (C=O) groups excluding carboxylic acids is 1. The fourth-order valence-electron chi connectivity index (χ4n) is 2.20. The summed E-state index contributed by atoms with van der Waals surface area (Å²) >= 11 is 1.64. The van der Waals surface area contributed by atoms with Crippen molar-refractivity contribution in [2.24, 2.45) is 0 Å². The molecule has 2 aromatic carbocycles. The molecule has 0 aromatic heterocycles. The van der Waals surface area contributed by atoms with Gasteiger partial charge in [-0.2, -0.15) is 0 Å². The van der Waals surface area contributed by atoms with Crippen LogP contribution in [0.25, 0.3) is 0 Å². The lowest BCUT2D eigenvalue weighted by Crippen LogP contribution is -2.12. The first-order valence-corrected chi connectivity index (χ1v) is 8.91. The first kappa shape index (κ1) is 19.6. The molecule has 0 fully saturated rings. The lowest BCUT2D eigenvalue weighted by atomic mass is 10.2. The summed E-state index contributed by atoms with van der Waals surface area (Å²) < 4.78 is 10.1. The van der Waals surface area contributed by atoms with Crippen LogP contribution in [0, 0.1) is 10.1 Å². The molecule has 2 aromatic rings. The second-order valence-electron chi connectivity index (χ2n) is 5.32.